The summed E-state index contributed by atoms with van der Waals surface area (Å²) in [6, 6.07) is 13.7. The van der Waals surface area contributed by atoms with Crippen LogP contribution in [0, 0.1) is 10.1 Å². The maximum atomic E-state index is 13.1. The van der Waals surface area contributed by atoms with Gasteiger partial charge < -0.3 is 20.3 Å². The minimum Gasteiger partial charge on any atom is -0.378 e. The first-order chi connectivity index (χ1) is 16.5. The van der Waals surface area contributed by atoms with Crippen LogP contribution in [0.3, 0.4) is 0 Å². The number of hydrogen-bond acceptors (Lipinski definition) is 7. The van der Waals surface area contributed by atoms with E-state index in [1.807, 2.05) is 35.2 Å². The molecule has 2 amide bonds. The molecular formula is C24H29N5O5. The summed E-state index contributed by atoms with van der Waals surface area (Å²) in [6.07, 6.45) is 1.40. The number of hydrogen-bond donors (Lipinski definition) is 2. The lowest BCUT2D eigenvalue weighted by atomic mass is 10.0. The van der Waals surface area contributed by atoms with Crippen LogP contribution >= 0.6 is 0 Å². The number of carbonyl (C=O) groups excluding carboxylic acids is 2. The highest BCUT2D eigenvalue weighted by atomic mass is 16.6. The molecule has 2 aromatic rings. The summed E-state index contributed by atoms with van der Waals surface area (Å²) in [6.45, 7) is 4.00. The van der Waals surface area contributed by atoms with Gasteiger partial charge in [-0.1, -0.05) is 18.2 Å². The lowest BCUT2D eigenvalue weighted by Gasteiger charge is -2.33. The molecule has 0 bridgehead atoms. The van der Waals surface area contributed by atoms with Gasteiger partial charge in [-0.3, -0.25) is 24.6 Å². The number of amides is 2. The molecular weight excluding hydrogens is 438 g/mol. The molecule has 0 saturated carbocycles. The highest BCUT2D eigenvalue weighted by molar-refractivity contribution is 6.00. The van der Waals surface area contributed by atoms with Crippen molar-refractivity contribution in [2.45, 2.75) is 18.9 Å². The first-order valence-corrected chi connectivity index (χ1v) is 11.5. The summed E-state index contributed by atoms with van der Waals surface area (Å²) >= 11 is 0. The van der Waals surface area contributed by atoms with Crippen molar-refractivity contribution in [2.24, 2.45) is 0 Å². The van der Waals surface area contributed by atoms with Crippen molar-refractivity contribution in [1.82, 2.24) is 10.2 Å². The third-order valence-corrected chi connectivity index (χ3v) is 6.13. The predicted octanol–water partition coefficient (Wildman–Crippen LogP) is 2.26. The van der Waals surface area contributed by atoms with E-state index in [-0.39, 0.29) is 23.5 Å². The van der Waals surface area contributed by atoms with Gasteiger partial charge in [0.1, 0.15) is 0 Å². The van der Waals surface area contributed by atoms with Gasteiger partial charge in [-0.2, -0.15) is 0 Å². The van der Waals surface area contributed by atoms with E-state index >= 15 is 0 Å². The third kappa shape index (κ3) is 6.09. The van der Waals surface area contributed by atoms with Crippen molar-refractivity contribution in [1.29, 1.82) is 0 Å². The highest BCUT2D eigenvalue weighted by Gasteiger charge is 2.26. The summed E-state index contributed by atoms with van der Waals surface area (Å²) < 4.78 is 5.39. The van der Waals surface area contributed by atoms with E-state index in [9.17, 15) is 19.7 Å². The van der Waals surface area contributed by atoms with Crippen LogP contribution < -0.4 is 15.5 Å². The fraction of sp³-hybridized carbons (Fsp3) is 0.417. The van der Waals surface area contributed by atoms with Gasteiger partial charge in [-0.05, 0) is 31.0 Å². The number of likely N-dealkylation sites (tertiary alicyclic amines) is 1. The second kappa shape index (κ2) is 11.1. The first kappa shape index (κ1) is 23.7. The van der Waals surface area contributed by atoms with Crippen molar-refractivity contribution < 1.29 is 19.2 Å². The number of carbonyl (C=O) groups is 2. The number of piperidine rings is 1. The SMILES string of the molecule is O=C(CN1CCC(NC(=O)c2cc([N+](=O)[O-])ccc2N2CCOCC2)CC1)Nc1ccccc1. The molecule has 0 aromatic heterocycles. The quantitative estimate of drug-likeness (QED) is 0.474. The molecule has 10 nitrogen and oxygen atoms in total. The second-order valence-electron chi connectivity index (χ2n) is 8.50. The van der Waals surface area contributed by atoms with Crippen LogP contribution in [-0.2, 0) is 9.53 Å². The van der Waals surface area contributed by atoms with Crippen LogP contribution in [-0.4, -0.2) is 73.6 Å². The van der Waals surface area contributed by atoms with Crippen LogP contribution in [0.15, 0.2) is 48.5 Å². The Hall–Kier alpha value is -3.50. The number of benzene rings is 2. The fourth-order valence-corrected chi connectivity index (χ4v) is 4.32. The summed E-state index contributed by atoms with van der Waals surface area (Å²) in [5.41, 5.74) is 1.64. The Kier molecular flexibility index (Phi) is 7.71. The van der Waals surface area contributed by atoms with Crippen molar-refractivity contribution in [2.75, 3.05) is 56.2 Å². The normalized spacial score (nSPS) is 17.2. The first-order valence-electron chi connectivity index (χ1n) is 11.5. The summed E-state index contributed by atoms with van der Waals surface area (Å²) in [5, 5.41) is 17.2. The number of anilines is 2. The van der Waals surface area contributed by atoms with E-state index in [2.05, 4.69) is 15.5 Å². The summed E-state index contributed by atoms with van der Waals surface area (Å²) in [7, 11) is 0. The van der Waals surface area contributed by atoms with Gasteiger partial charge in [0.2, 0.25) is 5.91 Å². The Labute approximate surface area is 198 Å². The van der Waals surface area contributed by atoms with E-state index in [0.29, 0.717) is 70.0 Å². The number of ether oxygens (including phenoxy) is 1. The summed E-state index contributed by atoms with van der Waals surface area (Å²) in [4.78, 5) is 40.3. The molecule has 2 aliphatic rings. The predicted molar refractivity (Wildman–Crippen MR) is 128 cm³/mol. The van der Waals surface area contributed by atoms with E-state index < -0.39 is 4.92 Å². The number of nitro groups is 1. The third-order valence-electron chi connectivity index (χ3n) is 6.13. The number of nitrogens with zero attached hydrogens (tertiary/aromatic N) is 3. The molecule has 10 heteroatoms. The number of morpholine rings is 1. The molecule has 2 fully saturated rings. The number of para-hydroxylation sites is 1. The molecule has 0 radical (unpaired) electrons. The number of rotatable bonds is 7. The molecule has 180 valence electrons. The molecule has 0 unspecified atom stereocenters. The maximum Gasteiger partial charge on any atom is 0.270 e. The van der Waals surface area contributed by atoms with Crippen LogP contribution in [0.2, 0.25) is 0 Å². The molecule has 2 heterocycles. The zero-order valence-corrected chi connectivity index (χ0v) is 18.9. The van der Waals surface area contributed by atoms with Crippen LogP contribution in [0.1, 0.15) is 23.2 Å². The molecule has 4 rings (SSSR count). The monoisotopic (exact) mass is 467 g/mol. The van der Waals surface area contributed by atoms with Gasteiger partial charge in [0, 0.05) is 50.0 Å². The lowest BCUT2D eigenvalue weighted by Crippen LogP contribution is -2.47. The second-order valence-corrected chi connectivity index (χ2v) is 8.50. The average Bonchev–Trinajstić information content (AvgIpc) is 2.86. The molecule has 2 N–H and O–H groups in total. The largest absolute Gasteiger partial charge is 0.378 e. The number of nitrogens with one attached hydrogen (secondary N) is 2. The minimum absolute atomic E-state index is 0.0577. The molecule has 34 heavy (non-hydrogen) atoms. The van der Waals surface area contributed by atoms with E-state index in [4.69, 9.17) is 4.74 Å². The van der Waals surface area contributed by atoms with Gasteiger partial charge in [0.05, 0.1) is 35.9 Å². The zero-order valence-electron chi connectivity index (χ0n) is 18.9. The minimum atomic E-state index is -0.487. The Morgan fingerprint density at radius 3 is 2.41 bits per heavy atom. The number of non-ortho nitro benzene ring substituents is 1. The smallest absolute Gasteiger partial charge is 0.270 e. The van der Waals surface area contributed by atoms with E-state index in [1.165, 1.54) is 12.1 Å². The number of nitro benzene ring substituents is 1. The average molecular weight is 468 g/mol. The standard InChI is InChI=1S/C24H29N5O5/c30-23(25-18-4-2-1-3-5-18)17-27-10-8-19(9-11-27)26-24(31)21-16-20(29(32)33)6-7-22(21)28-12-14-34-15-13-28/h1-7,16,19H,8-15,17H2,(H,25,30)(H,26,31). The van der Waals surface area contributed by atoms with Crippen LogP contribution in [0.5, 0.6) is 0 Å². The van der Waals surface area contributed by atoms with Crippen molar-refractivity contribution in [3.63, 3.8) is 0 Å². The maximum absolute atomic E-state index is 13.1. The van der Waals surface area contributed by atoms with Crippen LogP contribution in [0.25, 0.3) is 0 Å². The molecule has 0 spiro atoms. The zero-order chi connectivity index (χ0) is 23.9. The molecule has 0 aliphatic carbocycles. The van der Waals surface area contributed by atoms with Crippen molar-refractivity contribution in [3.8, 4) is 0 Å². The van der Waals surface area contributed by atoms with Crippen molar-refractivity contribution >= 4 is 28.9 Å². The molecule has 2 aromatic carbocycles. The highest BCUT2D eigenvalue weighted by Crippen LogP contribution is 2.27. The van der Waals surface area contributed by atoms with E-state index in [0.717, 1.165) is 5.69 Å². The topological polar surface area (TPSA) is 117 Å². The van der Waals surface area contributed by atoms with E-state index in [1.54, 1.807) is 6.07 Å². The van der Waals surface area contributed by atoms with Gasteiger partial charge >= 0.3 is 0 Å². The van der Waals surface area contributed by atoms with Gasteiger partial charge in [-0.15, -0.1) is 0 Å². The molecule has 2 aliphatic heterocycles. The Morgan fingerprint density at radius 2 is 1.74 bits per heavy atom. The van der Waals surface area contributed by atoms with Gasteiger partial charge in [-0.25, -0.2) is 0 Å². The van der Waals surface area contributed by atoms with Gasteiger partial charge in [0.15, 0.2) is 0 Å². The molecule has 2 saturated heterocycles. The molecule has 0 atom stereocenters. The van der Waals surface area contributed by atoms with Gasteiger partial charge in [0.25, 0.3) is 11.6 Å². The Bertz CT molecular complexity index is 1020. The van der Waals surface area contributed by atoms with Crippen molar-refractivity contribution in [3.05, 3.63) is 64.2 Å². The summed E-state index contributed by atoms with van der Waals surface area (Å²) in [5.74, 6) is -0.383. The van der Waals surface area contributed by atoms with Crippen LogP contribution in [0.4, 0.5) is 17.1 Å². The Balaban J connectivity index is 1.34. The lowest BCUT2D eigenvalue weighted by molar-refractivity contribution is -0.384. The Morgan fingerprint density at radius 1 is 1.03 bits per heavy atom. The fourth-order valence-electron chi connectivity index (χ4n) is 4.32.